The Bertz CT molecular complexity index is 1460. The zero-order valence-corrected chi connectivity index (χ0v) is 20.3. The molecule has 0 amide bonds. The van der Waals surface area contributed by atoms with Gasteiger partial charge in [-0.1, -0.05) is 66.2 Å². The monoisotopic (exact) mass is 482 g/mol. The third kappa shape index (κ3) is 4.59. The van der Waals surface area contributed by atoms with Gasteiger partial charge in [0.25, 0.3) is 0 Å². The summed E-state index contributed by atoms with van der Waals surface area (Å²) in [6, 6.07) is 26.8. The van der Waals surface area contributed by atoms with Crippen molar-refractivity contribution in [2.75, 3.05) is 31.1 Å². The van der Waals surface area contributed by atoms with E-state index in [1.807, 2.05) is 30.3 Å². The van der Waals surface area contributed by atoms with E-state index in [9.17, 15) is 0 Å². The topological polar surface area (TPSA) is 49.6 Å². The van der Waals surface area contributed by atoms with Gasteiger partial charge in [-0.15, -0.1) is 10.2 Å². The van der Waals surface area contributed by atoms with Gasteiger partial charge in [0.1, 0.15) is 5.82 Å². The van der Waals surface area contributed by atoms with Crippen molar-refractivity contribution >= 4 is 34.1 Å². The predicted octanol–water partition coefficient (Wildman–Crippen LogP) is 5.23. The van der Waals surface area contributed by atoms with Gasteiger partial charge in [-0.05, 0) is 41.8 Å². The van der Waals surface area contributed by atoms with Crippen molar-refractivity contribution in [1.82, 2.24) is 24.5 Å². The largest absolute Gasteiger partial charge is 0.341 e. The maximum atomic E-state index is 6.21. The molecule has 3 aromatic carbocycles. The third-order valence-corrected chi connectivity index (χ3v) is 6.90. The van der Waals surface area contributed by atoms with E-state index in [1.165, 1.54) is 11.1 Å². The van der Waals surface area contributed by atoms with E-state index in [0.29, 0.717) is 6.42 Å². The molecule has 0 radical (unpaired) electrons. The van der Waals surface area contributed by atoms with Crippen LogP contribution in [0.4, 0.5) is 5.95 Å². The molecule has 1 aliphatic heterocycles. The Morgan fingerprint density at radius 2 is 1.60 bits per heavy atom. The first-order valence-electron chi connectivity index (χ1n) is 12.1. The maximum absolute atomic E-state index is 6.21. The molecule has 3 heterocycles. The first-order chi connectivity index (χ1) is 17.2. The lowest BCUT2D eigenvalue weighted by molar-refractivity contribution is 0.285. The van der Waals surface area contributed by atoms with E-state index in [1.54, 1.807) is 0 Å². The summed E-state index contributed by atoms with van der Waals surface area (Å²) in [6.45, 7) is 4.73. The van der Waals surface area contributed by atoms with Crippen molar-refractivity contribution in [3.05, 3.63) is 101 Å². The van der Waals surface area contributed by atoms with E-state index < -0.39 is 0 Å². The van der Waals surface area contributed by atoms with Gasteiger partial charge < -0.3 is 4.90 Å². The highest BCUT2D eigenvalue weighted by atomic mass is 35.5. The number of hydrogen-bond acceptors (Lipinski definition) is 5. The van der Waals surface area contributed by atoms with Crippen LogP contribution in [0.1, 0.15) is 23.4 Å². The molecule has 1 fully saturated rings. The van der Waals surface area contributed by atoms with Crippen LogP contribution in [0.3, 0.4) is 0 Å². The quantitative estimate of drug-likeness (QED) is 0.343. The average Bonchev–Trinajstić information content (AvgIpc) is 3.16. The van der Waals surface area contributed by atoms with Gasteiger partial charge in [-0.25, -0.2) is 9.38 Å². The van der Waals surface area contributed by atoms with Crippen LogP contribution >= 0.6 is 11.6 Å². The molecule has 7 heteroatoms. The number of aromatic nitrogens is 4. The zero-order chi connectivity index (χ0) is 23.6. The SMILES string of the molecule is Clc1cccc(CN2CCCN(c3nc4ccccc4c4nnc(Cc5ccccc5)n34)CC2)c1. The van der Waals surface area contributed by atoms with Gasteiger partial charge in [-0.2, -0.15) is 0 Å². The van der Waals surface area contributed by atoms with Crippen molar-refractivity contribution in [2.45, 2.75) is 19.4 Å². The summed E-state index contributed by atoms with van der Waals surface area (Å²) in [5, 5.41) is 11.1. The van der Waals surface area contributed by atoms with Crippen LogP contribution in [-0.2, 0) is 13.0 Å². The fourth-order valence-corrected chi connectivity index (χ4v) is 5.16. The molecule has 1 aliphatic rings. The fraction of sp³-hybridized carbons (Fsp3) is 0.250. The summed E-state index contributed by atoms with van der Waals surface area (Å²) in [6.07, 6.45) is 1.77. The zero-order valence-electron chi connectivity index (χ0n) is 19.5. The van der Waals surface area contributed by atoms with E-state index >= 15 is 0 Å². The molecular weight excluding hydrogens is 456 g/mol. The summed E-state index contributed by atoms with van der Waals surface area (Å²) in [4.78, 5) is 10.0. The predicted molar refractivity (Wildman–Crippen MR) is 141 cm³/mol. The second kappa shape index (κ2) is 9.64. The van der Waals surface area contributed by atoms with E-state index in [4.69, 9.17) is 16.6 Å². The molecule has 0 bridgehead atoms. The second-order valence-electron chi connectivity index (χ2n) is 9.11. The van der Waals surface area contributed by atoms with Crippen LogP contribution in [0.5, 0.6) is 0 Å². The van der Waals surface area contributed by atoms with Crippen LogP contribution in [-0.4, -0.2) is 50.7 Å². The van der Waals surface area contributed by atoms with Crippen LogP contribution in [0, 0.1) is 0 Å². The standard InChI is InChI=1S/C28H27ClN6/c29-23-11-6-10-22(18-23)20-33-14-7-15-34(17-16-33)28-30-25-13-5-4-12-24(25)27-32-31-26(35(27)28)19-21-8-2-1-3-9-21/h1-6,8-13,18H,7,14-17,19-20H2. The highest BCUT2D eigenvalue weighted by molar-refractivity contribution is 6.30. The number of para-hydroxylation sites is 1. The Kier molecular flexibility index (Phi) is 6.06. The molecule has 0 atom stereocenters. The number of anilines is 1. The van der Waals surface area contributed by atoms with Gasteiger partial charge >= 0.3 is 0 Å². The molecule has 2 aromatic heterocycles. The van der Waals surface area contributed by atoms with Crippen molar-refractivity contribution in [2.24, 2.45) is 0 Å². The molecule has 0 N–H and O–H groups in total. The van der Waals surface area contributed by atoms with Gasteiger partial charge in [-0.3, -0.25) is 4.90 Å². The Labute approximate surface area is 209 Å². The van der Waals surface area contributed by atoms with Crippen molar-refractivity contribution in [1.29, 1.82) is 0 Å². The van der Waals surface area contributed by atoms with Gasteiger partial charge in [0.05, 0.1) is 5.52 Å². The normalized spacial score (nSPS) is 15.1. The minimum atomic E-state index is 0.712. The van der Waals surface area contributed by atoms with Crippen LogP contribution in [0.25, 0.3) is 16.6 Å². The summed E-state index contributed by atoms with van der Waals surface area (Å²) in [7, 11) is 0. The Balaban J connectivity index is 1.34. The molecule has 35 heavy (non-hydrogen) atoms. The number of nitrogens with zero attached hydrogens (tertiary/aromatic N) is 6. The van der Waals surface area contributed by atoms with Crippen molar-refractivity contribution < 1.29 is 0 Å². The minimum absolute atomic E-state index is 0.712. The number of benzene rings is 3. The lowest BCUT2D eigenvalue weighted by Gasteiger charge is -2.24. The van der Waals surface area contributed by atoms with Gasteiger partial charge in [0.2, 0.25) is 5.95 Å². The minimum Gasteiger partial charge on any atom is -0.341 e. The molecule has 0 spiro atoms. The Hall–Kier alpha value is -3.48. The molecule has 0 unspecified atom stereocenters. The van der Waals surface area contributed by atoms with Gasteiger partial charge in [0, 0.05) is 49.6 Å². The lowest BCUT2D eigenvalue weighted by atomic mass is 10.1. The molecule has 1 saturated heterocycles. The maximum Gasteiger partial charge on any atom is 0.213 e. The number of fused-ring (bicyclic) bond motifs is 3. The molecule has 5 aromatic rings. The fourth-order valence-electron chi connectivity index (χ4n) is 4.95. The second-order valence-corrected chi connectivity index (χ2v) is 9.55. The molecule has 6 nitrogen and oxygen atoms in total. The average molecular weight is 483 g/mol. The molecule has 0 saturated carbocycles. The molecule has 6 rings (SSSR count). The Morgan fingerprint density at radius 3 is 2.49 bits per heavy atom. The van der Waals surface area contributed by atoms with E-state index in [0.717, 1.165) is 72.5 Å². The molecular formula is C28H27ClN6. The van der Waals surface area contributed by atoms with Crippen LogP contribution in [0.2, 0.25) is 5.02 Å². The van der Waals surface area contributed by atoms with Crippen LogP contribution < -0.4 is 4.90 Å². The lowest BCUT2D eigenvalue weighted by Crippen LogP contribution is -2.32. The number of halogens is 1. The van der Waals surface area contributed by atoms with Crippen molar-refractivity contribution in [3.63, 3.8) is 0 Å². The number of hydrogen-bond donors (Lipinski definition) is 0. The highest BCUT2D eigenvalue weighted by Crippen LogP contribution is 2.26. The first kappa shape index (κ1) is 22.0. The smallest absolute Gasteiger partial charge is 0.213 e. The highest BCUT2D eigenvalue weighted by Gasteiger charge is 2.22. The molecule has 0 aliphatic carbocycles. The summed E-state index contributed by atoms with van der Waals surface area (Å²) in [5.41, 5.74) is 4.29. The summed E-state index contributed by atoms with van der Waals surface area (Å²) < 4.78 is 2.17. The summed E-state index contributed by atoms with van der Waals surface area (Å²) >= 11 is 6.21. The van der Waals surface area contributed by atoms with Crippen molar-refractivity contribution in [3.8, 4) is 0 Å². The first-order valence-corrected chi connectivity index (χ1v) is 12.5. The van der Waals surface area contributed by atoms with E-state index in [-0.39, 0.29) is 0 Å². The van der Waals surface area contributed by atoms with Gasteiger partial charge in [0.15, 0.2) is 5.65 Å². The number of rotatable bonds is 5. The summed E-state index contributed by atoms with van der Waals surface area (Å²) in [5.74, 6) is 1.85. The third-order valence-electron chi connectivity index (χ3n) is 6.67. The molecule has 176 valence electrons. The Morgan fingerprint density at radius 1 is 0.771 bits per heavy atom. The van der Waals surface area contributed by atoms with E-state index in [2.05, 4.69) is 72.9 Å². The van der Waals surface area contributed by atoms with Crippen LogP contribution in [0.15, 0.2) is 78.9 Å².